The summed E-state index contributed by atoms with van der Waals surface area (Å²) in [5.41, 5.74) is 0.00741. The van der Waals surface area contributed by atoms with E-state index in [-0.39, 0.29) is 5.54 Å². The minimum Gasteiger partial charge on any atom is -0.375 e. The molecule has 0 aliphatic carbocycles. The summed E-state index contributed by atoms with van der Waals surface area (Å²) in [6.07, 6.45) is 1.67. The van der Waals surface area contributed by atoms with Gasteiger partial charge in [0.2, 0.25) is 0 Å². The minimum absolute atomic E-state index is 0.00741. The molecule has 0 radical (unpaired) electrons. The molecule has 2 atom stereocenters. The molecule has 2 bridgehead atoms. The SMILES string of the molecule is CC(C)C#CC(C)(C)N1C[C@@H]2C[C@H]1CO2. The van der Waals surface area contributed by atoms with Gasteiger partial charge in [-0.1, -0.05) is 25.7 Å². The van der Waals surface area contributed by atoms with Gasteiger partial charge in [0.15, 0.2) is 0 Å². The van der Waals surface area contributed by atoms with Crippen LogP contribution in [0.1, 0.15) is 34.1 Å². The molecule has 0 aromatic rings. The van der Waals surface area contributed by atoms with Gasteiger partial charge >= 0.3 is 0 Å². The lowest BCUT2D eigenvalue weighted by molar-refractivity contribution is 0.00262. The van der Waals surface area contributed by atoms with E-state index < -0.39 is 0 Å². The number of rotatable bonds is 1. The van der Waals surface area contributed by atoms with Crippen molar-refractivity contribution in [2.45, 2.75) is 51.8 Å². The lowest BCUT2D eigenvalue weighted by Gasteiger charge is -2.37. The van der Waals surface area contributed by atoms with Crippen molar-refractivity contribution in [3.8, 4) is 11.8 Å². The zero-order valence-electron chi connectivity index (χ0n) is 10.2. The molecule has 0 aromatic heterocycles. The second-order valence-electron chi connectivity index (χ2n) is 5.48. The van der Waals surface area contributed by atoms with Crippen LogP contribution in [0.5, 0.6) is 0 Å². The average Bonchev–Trinajstić information content (AvgIpc) is 2.76. The Hall–Kier alpha value is -0.520. The molecule has 0 aromatic carbocycles. The smallest absolute Gasteiger partial charge is 0.0772 e. The van der Waals surface area contributed by atoms with Gasteiger partial charge < -0.3 is 4.74 Å². The van der Waals surface area contributed by atoms with Crippen molar-refractivity contribution >= 4 is 0 Å². The fourth-order valence-corrected chi connectivity index (χ4v) is 2.48. The summed E-state index contributed by atoms with van der Waals surface area (Å²) in [5.74, 6) is 7.15. The number of likely N-dealkylation sites (tertiary alicyclic amines) is 1. The van der Waals surface area contributed by atoms with E-state index >= 15 is 0 Å². The molecule has 2 rings (SSSR count). The Morgan fingerprint density at radius 2 is 2.13 bits per heavy atom. The molecule has 0 N–H and O–H groups in total. The highest BCUT2D eigenvalue weighted by Gasteiger charge is 2.44. The van der Waals surface area contributed by atoms with Crippen molar-refractivity contribution in [1.29, 1.82) is 0 Å². The van der Waals surface area contributed by atoms with Gasteiger partial charge in [-0.05, 0) is 20.3 Å². The number of nitrogens with zero attached hydrogens (tertiary/aromatic N) is 1. The van der Waals surface area contributed by atoms with E-state index in [1.54, 1.807) is 0 Å². The normalized spacial score (nSPS) is 30.7. The maximum atomic E-state index is 5.61. The topological polar surface area (TPSA) is 12.5 Å². The molecule has 2 nitrogen and oxygen atoms in total. The van der Waals surface area contributed by atoms with Gasteiger partial charge in [-0.15, -0.1) is 0 Å². The van der Waals surface area contributed by atoms with E-state index in [9.17, 15) is 0 Å². The van der Waals surface area contributed by atoms with Crippen molar-refractivity contribution in [2.24, 2.45) is 5.92 Å². The maximum absolute atomic E-state index is 5.61. The first-order chi connectivity index (χ1) is 6.99. The van der Waals surface area contributed by atoms with Gasteiger partial charge in [-0.3, -0.25) is 4.90 Å². The molecule has 0 spiro atoms. The van der Waals surface area contributed by atoms with E-state index in [1.807, 2.05) is 0 Å². The van der Waals surface area contributed by atoms with Gasteiger partial charge in [0.25, 0.3) is 0 Å². The molecular formula is C13H21NO. The highest BCUT2D eigenvalue weighted by molar-refractivity contribution is 5.18. The third kappa shape index (κ3) is 2.19. The highest BCUT2D eigenvalue weighted by Crippen LogP contribution is 2.33. The summed E-state index contributed by atoms with van der Waals surface area (Å²) >= 11 is 0. The number of hydrogen-bond acceptors (Lipinski definition) is 2. The van der Waals surface area contributed by atoms with Crippen molar-refractivity contribution in [1.82, 2.24) is 4.90 Å². The average molecular weight is 207 g/mol. The monoisotopic (exact) mass is 207 g/mol. The van der Waals surface area contributed by atoms with Gasteiger partial charge in [-0.25, -0.2) is 0 Å². The predicted octanol–water partition coefficient (Wildman–Crippen LogP) is 1.90. The van der Waals surface area contributed by atoms with E-state index in [0.717, 1.165) is 13.2 Å². The molecule has 84 valence electrons. The first-order valence-electron chi connectivity index (χ1n) is 5.90. The Labute approximate surface area is 93.0 Å². The summed E-state index contributed by atoms with van der Waals surface area (Å²) in [6.45, 7) is 10.7. The molecular weight excluding hydrogens is 186 g/mol. The van der Waals surface area contributed by atoms with Crippen LogP contribution in [0, 0.1) is 17.8 Å². The Balaban J connectivity index is 2.07. The maximum Gasteiger partial charge on any atom is 0.0772 e. The van der Waals surface area contributed by atoms with Crippen molar-refractivity contribution in [3.05, 3.63) is 0 Å². The Kier molecular flexibility index (Phi) is 2.79. The molecule has 2 heterocycles. The van der Waals surface area contributed by atoms with Crippen LogP contribution >= 0.6 is 0 Å². The van der Waals surface area contributed by atoms with E-state index in [0.29, 0.717) is 18.1 Å². The van der Waals surface area contributed by atoms with Gasteiger partial charge in [-0.2, -0.15) is 0 Å². The number of morpholine rings is 1. The van der Waals surface area contributed by atoms with Gasteiger partial charge in [0.1, 0.15) is 0 Å². The minimum atomic E-state index is 0.00741. The fourth-order valence-electron chi connectivity index (χ4n) is 2.48. The van der Waals surface area contributed by atoms with Crippen LogP contribution in [0.25, 0.3) is 0 Å². The molecule has 0 amide bonds. The van der Waals surface area contributed by atoms with E-state index in [2.05, 4.69) is 44.4 Å². The van der Waals surface area contributed by atoms with Crippen LogP contribution in [0.4, 0.5) is 0 Å². The first kappa shape index (κ1) is 11.0. The Morgan fingerprint density at radius 1 is 1.40 bits per heavy atom. The lowest BCUT2D eigenvalue weighted by Crippen LogP contribution is -2.49. The molecule has 2 fully saturated rings. The molecule has 2 aliphatic heterocycles. The summed E-state index contributed by atoms with van der Waals surface area (Å²) in [6, 6.07) is 0.603. The summed E-state index contributed by atoms with van der Waals surface area (Å²) < 4.78 is 5.61. The Morgan fingerprint density at radius 3 is 2.60 bits per heavy atom. The largest absolute Gasteiger partial charge is 0.375 e. The number of hydrogen-bond donors (Lipinski definition) is 0. The Bertz CT molecular complexity index is 297. The van der Waals surface area contributed by atoms with Crippen LogP contribution in [0.15, 0.2) is 0 Å². The van der Waals surface area contributed by atoms with E-state index in [1.165, 1.54) is 6.42 Å². The number of ether oxygens (including phenoxy) is 1. The van der Waals surface area contributed by atoms with Crippen LogP contribution in [0.2, 0.25) is 0 Å². The summed E-state index contributed by atoms with van der Waals surface area (Å²) in [4.78, 5) is 2.51. The second kappa shape index (κ2) is 3.81. The number of fused-ring (bicyclic) bond motifs is 2. The van der Waals surface area contributed by atoms with Crippen LogP contribution in [0.3, 0.4) is 0 Å². The lowest BCUT2D eigenvalue weighted by atomic mass is 10.0. The van der Waals surface area contributed by atoms with Crippen LogP contribution in [-0.4, -0.2) is 35.7 Å². The molecule has 2 saturated heterocycles. The summed E-state index contributed by atoms with van der Waals surface area (Å²) in [7, 11) is 0. The van der Waals surface area contributed by atoms with Crippen molar-refractivity contribution in [3.63, 3.8) is 0 Å². The molecule has 2 heteroatoms. The quantitative estimate of drug-likeness (QED) is 0.609. The van der Waals surface area contributed by atoms with E-state index in [4.69, 9.17) is 4.74 Å². The van der Waals surface area contributed by atoms with Gasteiger partial charge in [0.05, 0.1) is 18.2 Å². The van der Waals surface area contributed by atoms with Crippen LogP contribution < -0.4 is 0 Å². The highest BCUT2D eigenvalue weighted by atomic mass is 16.5. The summed E-state index contributed by atoms with van der Waals surface area (Å²) in [5, 5.41) is 0. The van der Waals surface area contributed by atoms with Crippen LogP contribution in [-0.2, 0) is 4.74 Å². The standard InChI is InChI=1S/C13H21NO/c1-10(2)5-6-13(3,4)14-8-12-7-11(14)9-15-12/h10-12H,7-9H2,1-4H3/t11-,12-/m0/s1. The third-order valence-corrected chi connectivity index (χ3v) is 3.29. The first-order valence-corrected chi connectivity index (χ1v) is 5.90. The van der Waals surface area contributed by atoms with Crippen molar-refractivity contribution in [2.75, 3.05) is 13.2 Å². The predicted molar refractivity (Wildman–Crippen MR) is 61.5 cm³/mol. The van der Waals surface area contributed by atoms with Gasteiger partial charge in [0, 0.05) is 18.5 Å². The zero-order chi connectivity index (χ0) is 11.1. The second-order valence-corrected chi connectivity index (χ2v) is 5.48. The third-order valence-electron chi connectivity index (χ3n) is 3.29. The molecule has 2 aliphatic rings. The molecule has 0 saturated carbocycles. The molecule has 0 unspecified atom stereocenters. The fraction of sp³-hybridized carbons (Fsp3) is 0.846. The molecule has 15 heavy (non-hydrogen) atoms. The van der Waals surface area contributed by atoms with Crippen molar-refractivity contribution < 1.29 is 4.74 Å². The zero-order valence-corrected chi connectivity index (χ0v) is 10.2.